The normalized spacial score (nSPS) is 12.6. The molecule has 4 nitrogen and oxygen atoms in total. The van der Waals surface area contributed by atoms with Gasteiger partial charge in [0.15, 0.2) is 0 Å². The first kappa shape index (κ1) is 10.4. The van der Waals surface area contributed by atoms with Gasteiger partial charge in [-0.25, -0.2) is 0 Å². The highest BCUT2D eigenvalue weighted by molar-refractivity contribution is 5.81. The van der Waals surface area contributed by atoms with Crippen LogP contribution in [0.15, 0.2) is 0 Å². The standard InChI is InChI=1S/C7H17N3O/c1-2-6(9)7(11)10-5-3-4-8/h6H,2-5,8-9H2,1H3,(H,10,11)/t6-/m1/s1. The van der Waals surface area contributed by atoms with E-state index in [0.717, 1.165) is 6.42 Å². The lowest BCUT2D eigenvalue weighted by Gasteiger charge is -2.08. The topological polar surface area (TPSA) is 81.1 Å². The smallest absolute Gasteiger partial charge is 0.236 e. The molecule has 1 amide bonds. The molecule has 0 rings (SSSR count). The van der Waals surface area contributed by atoms with Crippen molar-refractivity contribution in [3.63, 3.8) is 0 Å². The molecule has 5 N–H and O–H groups in total. The van der Waals surface area contributed by atoms with Crippen LogP contribution in [0.4, 0.5) is 0 Å². The number of nitrogens with two attached hydrogens (primary N) is 2. The van der Waals surface area contributed by atoms with Crippen molar-refractivity contribution in [2.24, 2.45) is 11.5 Å². The Balaban J connectivity index is 3.36. The third-order valence-corrected chi connectivity index (χ3v) is 1.46. The predicted molar refractivity (Wildman–Crippen MR) is 44.9 cm³/mol. The highest BCUT2D eigenvalue weighted by Gasteiger charge is 2.08. The molecule has 0 aliphatic heterocycles. The molecule has 0 unspecified atom stereocenters. The van der Waals surface area contributed by atoms with Crippen LogP contribution in [-0.4, -0.2) is 25.0 Å². The molecule has 4 heteroatoms. The van der Waals surface area contributed by atoms with Gasteiger partial charge in [0, 0.05) is 6.54 Å². The lowest BCUT2D eigenvalue weighted by molar-refractivity contribution is -0.122. The Morgan fingerprint density at radius 3 is 2.73 bits per heavy atom. The summed E-state index contributed by atoms with van der Waals surface area (Å²) in [6, 6.07) is -0.368. The fourth-order valence-corrected chi connectivity index (χ4v) is 0.630. The van der Waals surface area contributed by atoms with Crippen molar-refractivity contribution < 1.29 is 4.79 Å². The van der Waals surface area contributed by atoms with Crippen LogP contribution in [0.2, 0.25) is 0 Å². The molecule has 11 heavy (non-hydrogen) atoms. The summed E-state index contributed by atoms with van der Waals surface area (Å²) in [4.78, 5) is 11.0. The van der Waals surface area contributed by atoms with Gasteiger partial charge in [-0.05, 0) is 19.4 Å². The van der Waals surface area contributed by atoms with Gasteiger partial charge in [0.2, 0.25) is 5.91 Å². The largest absolute Gasteiger partial charge is 0.355 e. The lowest BCUT2D eigenvalue weighted by atomic mass is 10.2. The van der Waals surface area contributed by atoms with Crippen LogP contribution in [0, 0.1) is 0 Å². The zero-order chi connectivity index (χ0) is 8.69. The quantitative estimate of drug-likeness (QED) is 0.459. The van der Waals surface area contributed by atoms with Crippen LogP contribution >= 0.6 is 0 Å². The first-order valence-electron chi connectivity index (χ1n) is 3.95. The average molecular weight is 159 g/mol. The molecule has 0 saturated carbocycles. The molecule has 0 aliphatic carbocycles. The number of hydrogen-bond donors (Lipinski definition) is 3. The summed E-state index contributed by atoms with van der Waals surface area (Å²) in [5.41, 5.74) is 10.7. The van der Waals surface area contributed by atoms with Crippen LogP contribution in [0.5, 0.6) is 0 Å². The summed E-state index contributed by atoms with van der Waals surface area (Å²) in [5.74, 6) is -0.0825. The number of carbonyl (C=O) groups excluding carboxylic acids is 1. The van der Waals surface area contributed by atoms with E-state index in [4.69, 9.17) is 11.5 Å². The van der Waals surface area contributed by atoms with Gasteiger partial charge in [0.05, 0.1) is 6.04 Å². The van der Waals surface area contributed by atoms with E-state index < -0.39 is 0 Å². The van der Waals surface area contributed by atoms with Gasteiger partial charge in [-0.1, -0.05) is 6.92 Å². The SMILES string of the molecule is CC[C@@H](N)C(=O)NCCCN. The number of hydrogen-bond acceptors (Lipinski definition) is 3. The van der Waals surface area contributed by atoms with Gasteiger partial charge in [-0.3, -0.25) is 4.79 Å². The fourth-order valence-electron chi connectivity index (χ4n) is 0.630. The van der Waals surface area contributed by atoms with Crippen molar-refractivity contribution in [1.29, 1.82) is 0 Å². The molecule has 0 aromatic rings. The van der Waals surface area contributed by atoms with Crippen LogP contribution < -0.4 is 16.8 Å². The second-order valence-corrected chi connectivity index (χ2v) is 2.45. The maximum absolute atomic E-state index is 11.0. The molecule has 0 heterocycles. The highest BCUT2D eigenvalue weighted by atomic mass is 16.2. The lowest BCUT2D eigenvalue weighted by Crippen LogP contribution is -2.40. The second kappa shape index (κ2) is 6.12. The molecular weight excluding hydrogens is 142 g/mol. The summed E-state index contributed by atoms with van der Waals surface area (Å²) in [7, 11) is 0. The Morgan fingerprint density at radius 2 is 2.27 bits per heavy atom. The maximum Gasteiger partial charge on any atom is 0.236 e. The highest BCUT2D eigenvalue weighted by Crippen LogP contribution is 1.84. The molecule has 0 aliphatic rings. The summed E-state index contributed by atoms with van der Waals surface area (Å²) >= 11 is 0. The number of amides is 1. The second-order valence-electron chi connectivity index (χ2n) is 2.45. The van der Waals surface area contributed by atoms with Gasteiger partial charge >= 0.3 is 0 Å². The summed E-state index contributed by atoms with van der Waals surface area (Å²) in [6.07, 6.45) is 1.48. The monoisotopic (exact) mass is 159 g/mol. The Labute approximate surface area is 67.3 Å². The van der Waals surface area contributed by atoms with E-state index in [2.05, 4.69) is 5.32 Å². The third-order valence-electron chi connectivity index (χ3n) is 1.46. The Bertz CT molecular complexity index is 116. The molecule has 0 radical (unpaired) electrons. The maximum atomic E-state index is 11.0. The van der Waals surface area contributed by atoms with Crippen LogP contribution in [0.3, 0.4) is 0 Å². The minimum Gasteiger partial charge on any atom is -0.355 e. The zero-order valence-corrected chi connectivity index (χ0v) is 6.97. The predicted octanol–water partition coefficient (Wildman–Crippen LogP) is -0.811. The summed E-state index contributed by atoms with van der Waals surface area (Å²) in [6.45, 7) is 3.11. The van der Waals surface area contributed by atoms with Gasteiger partial charge in [0.25, 0.3) is 0 Å². The number of carbonyl (C=O) groups is 1. The van der Waals surface area contributed by atoms with E-state index in [1.807, 2.05) is 6.92 Å². The van der Waals surface area contributed by atoms with Crippen molar-refractivity contribution in [1.82, 2.24) is 5.32 Å². The van der Waals surface area contributed by atoms with Crippen molar-refractivity contribution in [2.45, 2.75) is 25.8 Å². The van der Waals surface area contributed by atoms with Gasteiger partial charge in [-0.15, -0.1) is 0 Å². The van der Waals surface area contributed by atoms with E-state index in [1.165, 1.54) is 0 Å². The first-order chi connectivity index (χ1) is 5.22. The van der Waals surface area contributed by atoms with Crippen LogP contribution in [0.1, 0.15) is 19.8 Å². The molecule has 0 aromatic heterocycles. The van der Waals surface area contributed by atoms with Crippen molar-refractivity contribution in [3.05, 3.63) is 0 Å². The molecular formula is C7H17N3O. The summed E-state index contributed by atoms with van der Waals surface area (Å²) < 4.78 is 0. The van der Waals surface area contributed by atoms with Crippen molar-refractivity contribution in [2.75, 3.05) is 13.1 Å². The molecule has 0 aromatic carbocycles. The molecule has 66 valence electrons. The minimum atomic E-state index is -0.368. The molecule has 0 saturated heterocycles. The van der Waals surface area contributed by atoms with E-state index in [9.17, 15) is 4.79 Å². The molecule has 0 fully saturated rings. The van der Waals surface area contributed by atoms with E-state index >= 15 is 0 Å². The molecule has 1 atom stereocenters. The Morgan fingerprint density at radius 1 is 1.64 bits per heavy atom. The average Bonchev–Trinajstić information content (AvgIpc) is 2.03. The molecule has 0 bridgehead atoms. The van der Waals surface area contributed by atoms with E-state index in [-0.39, 0.29) is 11.9 Å². The number of rotatable bonds is 5. The van der Waals surface area contributed by atoms with Gasteiger partial charge in [0.1, 0.15) is 0 Å². The fraction of sp³-hybridized carbons (Fsp3) is 0.857. The van der Waals surface area contributed by atoms with Crippen LogP contribution in [0.25, 0.3) is 0 Å². The van der Waals surface area contributed by atoms with Crippen LogP contribution in [-0.2, 0) is 4.79 Å². The number of nitrogens with one attached hydrogen (secondary N) is 1. The zero-order valence-electron chi connectivity index (χ0n) is 6.97. The van der Waals surface area contributed by atoms with Gasteiger partial charge < -0.3 is 16.8 Å². The first-order valence-corrected chi connectivity index (χ1v) is 3.95. The summed E-state index contributed by atoms with van der Waals surface area (Å²) in [5, 5.41) is 2.69. The Hall–Kier alpha value is -0.610. The minimum absolute atomic E-state index is 0.0825. The van der Waals surface area contributed by atoms with E-state index in [0.29, 0.717) is 19.5 Å². The van der Waals surface area contributed by atoms with Gasteiger partial charge in [-0.2, -0.15) is 0 Å². The third kappa shape index (κ3) is 4.75. The van der Waals surface area contributed by atoms with Crippen molar-refractivity contribution in [3.8, 4) is 0 Å². The van der Waals surface area contributed by atoms with E-state index in [1.54, 1.807) is 0 Å². The Kier molecular flexibility index (Phi) is 5.78. The van der Waals surface area contributed by atoms with Crippen molar-refractivity contribution >= 4 is 5.91 Å². The molecule has 0 spiro atoms.